The number of rotatable bonds is 0. The lowest BCUT2D eigenvalue weighted by Crippen LogP contribution is -2.08. The van der Waals surface area contributed by atoms with Gasteiger partial charge in [0.25, 0.3) is 0 Å². The number of hydrogen-bond acceptors (Lipinski definition) is 6. The van der Waals surface area contributed by atoms with Crippen molar-refractivity contribution in [1.29, 1.82) is 0 Å². The second-order valence-corrected chi connectivity index (χ2v) is 4.08. The second kappa shape index (κ2) is 2.44. The SMILES string of the molecule is Cc1cc(N)c2c(c1N)OS(=O)(=O)O2. The van der Waals surface area contributed by atoms with Gasteiger partial charge in [-0.2, -0.15) is 0 Å². The van der Waals surface area contributed by atoms with E-state index in [0.717, 1.165) is 0 Å². The summed E-state index contributed by atoms with van der Waals surface area (Å²) in [7, 11) is -4.03. The van der Waals surface area contributed by atoms with Crippen LogP contribution in [0.2, 0.25) is 0 Å². The molecule has 0 radical (unpaired) electrons. The molecule has 76 valence electrons. The second-order valence-electron chi connectivity index (χ2n) is 2.93. The molecule has 0 aliphatic carbocycles. The maximum absolute atomic E-state index is 10.9. The van der Waals surface area contributed by atoms with E-state index in [-0.39, 0.29) is 22.9 Å². The molecule has 0 bridgehead atoms. The molecule has 0 unspecified atom stereocenters. The largest absolute Gasteiger partial charge is 0.501 e. The van der Waals surface area contributed by atoms with Gasteiger partial charge in [0.15, 0.2) is 0 Å². The zero-order valence-corrected chi connectivity index (χ0v) is 8.09. The van der Waals surface area contributed by atoms with Crippen LogP contribution in [-0.4, -0.2) is 8.42 Å². The molecule has 6 nitrogen and oxygen atoms in total. The Morgan fingerprint density at radius 1 is 1.21 bits per heavy atom. The van der Waals surface area contributed by atoms with Crippen LogP contribution in [0, 0.1) is 6.92 Å². The van der Waals surface area contributed by atoms with Gasteiger partial charge in [-0.1, -0.05) is 0 Å². The summed E-state index contributed by atoms with van der Waals surface area (Å²) < 4.78 is 30.9. The van der Waals surface area contributed by atoms with Crippen molar-refractivity contribution in [3.63, 3.8) is 0 Å². The molecule has 0 aromatic heterocycles. The molecular formula is C7H8N2O4S. The first-order valence-corrected chi connectivity index (χ1v) is 5.06. The molecule has 1 aliphatic rings. The Balaban J connectivity index is 2.73. The smallest absolute Gasteiger partial charge is 0.396 e. The van der Waals surface area contributed by atoms with Crippen LogP contribution in [0.15, 0.2) is 6.07 Å². The third-order valence-corrected chi connectivity index (χ3v) is 2.62. The molecule has 0 spiro atoms. The van der Waals surface area contributed by atoms with Crippen molar-refractivity contribution in [3.05, 3.63) is 11.6 Å². The van der Waals surface area contributed by atoms with Crippen molar-refractivity contribution in [1.82, 2.24) is 0 Å². The Bertz CT molecular complexity index is 509. The number of nitrogen functional groups attached to an aromatic ring is 2. The van der Waals surface area contributed by atoms with E-state index in [1.165, 1.54) is 6.07 Å². The molecule has 4 N–H and O–H groups in total. The average molecular weight is 216 g/mol. The lowest BCUT2D eigenvalue weighted by Gasteiger charge is -2.04. The van der Waals surface area contributed by atoms with Crippen LogP contribution >= 0.6 is 0 Å². The van der Waals surface area contributed by atoms with Crippen LogP contribution in [0.25, 0.3) is 0 Å². The Morgan fingerprint density at radius 2 is 1.79 bits per heavy atom. The van der Waals surface area contributed by atoms with Gasteiger partial charge in [0.1, 0.15) is 0 Å². The predicted octanol–water partition coefficient (Wildman–Crippen LogP) is 0.175. The van der Waals surface area contributed by atoms with E-state index in [1.807, 2.05) is 0 Å². The van der Waals surface area contributed by atoms with Crippen molar-refractivity contribution in [2.75, 3.05) is 11.5 Å². The third-order valence-electron chi connectivity index (χ3n) is 1.88. The number of hydrogen-bond donors (Lipinski definition) is 2. The summed E-state index contributed by atoms with van der Waals surface area (Å²) in [6.07, 6.45) is 0. The Hall–Kier alpha value is -1.63. The molecule has 1 aliphatic heterocycles. The molecule has 7 heteroatoms. The summed E-state index contributed by atoms with van der Waals surface area (Å²) in [6, 6.07) is 1.53. The van der Waals surface area contributed by atoms with E-state index < -0.39 is 10.4 Å². The monoisotopic (exact) mass is 216 g/mol. The lowest BCUT2D eigenvalue weighted by atomic mass is 10.1. The summed E-state index contributed by atoms with van der Waals surface area (Å²) in [5.41, 5.74) is 12.2. The van der Waals surface area contributed by atoms with Gasteiger partial charge in [-0.25, -0.2) is 0 Å². The number of benzene rings is 1. The van der Waals surface area contributed by atoms with E-state index in [0.29, 0.717) is 5.56 Å². The topological polar surface area (TPSA) is 105 Å². The van der Waals surface area contributed by atoms with E-state index in [9.17, 15) is 8.42 Å². The minimum Gasteiger partial charge on any atom is -0.396 e. The van der Waals surface area contributed by atoms with Gasteiger partial charge in [0, 0.05) is 0 Å². The lowest BCUT2D eigenvalue weighted by molar-refractivity contribution is 0.437. The standard InChI is InChI=1S/C7H8N2O4S/c1-3-2-4(8)6-7(5(3)9)13-14(10,11)12-6/h2H,8-9H2,1H3. The molecule has 1 heterocycles. The van der Waals surface area contributed by atoms with Crippen LogP contribution in [0.3, 0.4) is 0 Å². The molecule has 0 saturated heterocycles. The minimum absolute atomic E-state index is 0.0255. The molecule has 2 rings (SSSR count). The van der Waals surface area contributed by atoms with Gasteiger partial charge >= 0.3 is 10.4 Å². The van der Waals surface area contributed by atoms with E-state index >= 15 is 0 Å². The Kier molecular flexibility index (Phi) is 1.56. The van der Waals surface area contributed by atoms with E-state index in [4.69, 9.17) is 11.5 Å². The number of fused-ring (bicyclic) bond motifs is 1. The molecule has 0 saturated carbocycles. The van der Waals surface area contributed by atoms with Crippen LogP contribution in [0.5, 0.6) is 11.5 Å². The Labute approximate surface area is 80.7 Å². The van der Waals surface area contributed by atoms with Gasteiger partial charge in [-0.15, -0.1) is 8.42 Å². The van der Waals surface area contributed by atoms with E-state index in [2.05, 4.69) is 8.37 Å². The quantitative estimate of drug-likeness (QED) is 0.599. The van der Waals surface area contributed by atoms with E-state index in [1.54, 1.807) is 6.92 Å². The van der Waals surface area contributed by atoms with Gasteiger partial charge < -0.3 is 19.8 Å². The zero-order chi connectivity index (χ0) is 10.5. The van der Waals surface area contributed by atoms with Crippen LogP contribution in [0.4, 0.5) is 11.4 Å². The maximum Gasteiger partial charge on any atom is 0.501 e. The molecule has 1 aromatic carbocycles. The highest BCUT2D eigenvalue weighted by Gasteiger charge is 2.33. The number of anilines is 2. The fourth-order valence-electron chi connectivity index (χ4n) is 1.20. The highest BCUT2D eigenvalue weighted by atomic mass is 32.3. The molecule has 14 heavy (non-hydrogen) atoms. The fraction of sp³-hybridized carbons (Fsp3) is 0.143. The fourth-order valence-corrected chi connectivity index (χ4v) is 1.98. The summed E-state index contributed by atoms with van der Waals surface area (Å²) in [5.74, 6) is -0.0596. The first-order chi connectivity index (χ1) is 6.41. The summed E-state index contributed by atoms with van der Waals surface area (Å²) >= 11 is 0. The molecule has 1 aromatic rings. The number of nitrogens with two attached hydrogens (primary N) is 2. The average Bonchev–Trinajstić information content (AvgIpc) is 2.38. The van der Waals surface area contributed by atoms with Crippen LogP contribution in [-0.2, 0) is 10.4 Å². The third kappa shape index (κ3) is 1.13. The van der Waals surface area contributed by atoms with Crippen molar-refractivity contribution >= 4 is 21.8 Å². The van der Waals surface area contributed by atoms with Crippen molar-refractivity contribution in [2.24, 2.45) is 0 Å². The first kappa shape index (κ1) is 8.95. The van der Waals surface area contributed by atoms with Gasteiger partial charge in [-0.05, 0) is 18.6 Å². The van der Waals surface area contributed by atoms with Crippen LogP contribution < -0.4 is 19.8 Å². The van der Waals surface area contributed by atoms with Gasteiger partial charge in [-0.3, -0.25) is 0 Å². The molecule has 0 fully saturated rings. The summed E-state index contributed by atoms with van der Waals surface area (Å²) in [4.78, 5) is 0. The highest BCUT2D eigenvalue weighted by molar-refractivity contribution is 7.82. The van der Waals surface area contributed by atoms with Crippen molar-refractivity contribution < 1.29 is 16.8 Å². The normalized spacial score (nSPS) is 16.9. The Morgan fingerprint density at radius 3 is 2.43 bits per heavy atom. The van der Waals surface area contributed by atoms with Crippen LogP contribution in [0.1, 0.15) is 5.56 Å². The molecular weight excluding hydrogens is 208 g/mol. The first-order valence-electron chi connectivity index (χ1n) is 3.73. The number of aryl methyl sites for hydroxylation is 1. The molecule has 0 amide bonds. The maximum atomic E-state index is 10.9. The van der Waals surface area contributed by atoms with Crippen molar-refractivity contribution in [2.45, 2.75) is 6.92 Å². The molecule has 0 atom stereocenters. The zero-order valence-electron chi connectivity index (χ0n) is 7.27. The van der Waals surface area contributed by atoms with Gasteiger partial charge in [0.2, 0.25) is 11.5 Å². The highest BCUT2D eigenvalue weighted by Crippen LogP contribution is 2.46. The summed E-state index contributed by atoms with van der Waals surface area (Å²) in [5, 5.41) is 0. The van der Waals surface area contributed by atoms with Crippen molar-refractivity contribution in [3.8, 4) is 11.5 Å². The predicted molar refractivity (Wildman–Crippen MR) is 50.2 cm³/mol. The van der Waals surface area contributed by atoms with Gasteiger partial charge in [0.05, 0.1) is 11.4 Å². The minimum atomic E-state index is -4.03. The summed E-state index contributed by atoms with van der Waals surface area (Å²) in [6.45, 7) is 1.69.